The molecule has 0 fully saturated rings. The Kier molecular flexibility index (Phi) is 4.78. The Balaban J connectivity index is 2.26. The summed E-state index contributed by atoms with van der Waals surface area (Å²) in [5.74, 6) is 2.14. The van der Waals surface area contributed by atoms with Crippen molar-refractivity contribution in [3.05, 3.63) is 42.2 Å². The van der Waals surface area contributed by atoms with Gasteiger partial charge in [0.1, 0.15) is 0 Å². The number of hydrogen-bond donors (Lipinski definition) is 1. The fraction of sp³-hybridized carbons (Fsp3) is 0.385. The van der Waals surface area contributed by atoms with E-state index >= 15 is 0 Å². The monoisotopic (exact) mass is 262 g/mol. The Morgan fingerprint density at radius 2 is 2.11 bits per heavy atom. The number of para-hydroxylation sites is 1. The maximum atomic E-state index is 4.18. The van der Waals surface area contributed by atoms with Crippen molar-refractivity contribution in [1.82, 2.24) is 20.3 Å². The molecule has 1 heterocycles. The second-order valence-corrected chi connectivity index (χ2v) is 5.23. The molecule has 96 valence electrons. The van der Waals surface area contributed by atoms with Crippen LogP contribution in [0.15, 0.2) is 36.5 Å². The number of aromatic nitrogens is 3. The molecule has 0 saturated carbocycles. The third kappa shape index (κ3) is 2.91. The van der Waals surface area contributed by atoms with E-state index in [1.165, 1.54) is 0 Å². The molecule has 0 saturated heterocycles. The topological polar surface area (TPSA) is 42.7 Å². The summed E-state index contributed by atoms with van der Waals surface area (Å²) in [5, 5.41) is 11.5. The van der Waals surface area contributed by atoms with Crippen LogP contribution < -0.4 is 5.32 Å². The van der Waals surface area contributed by atoms with Crippen LogP contribution in [0.2, 0.25) is 0 Å². The number of nitrogens with zero attached hydrogens (tertiary/aromatic N) is 3. The number of thioether (sulfide) groups is 1. The minimum absolute atomic E-state index is 0.269. The van der Waals surface area contributed by atoms with Crippen molar-refractivity contribution in [1.29, 1.82) is 0 Å². The number of benzene rings is 1. The van der Waals surface area contributed by atoms with Crippen molar-refractivity contribution >= 4 is 11.8 Å². The van der Waals surface area contributed by atoms with E-state index in [9.17, 15) is 0 Å². The van der Waals surface area contributed by atoms with Crippen LogP contribution in [0.3, 0.4) is 0 Å². The molecule has 1 N–H and O–H groups in total. The molecule has 0 amide bonds. The SMILES string of the molecule is CCSCC(NC)c1cnnn1-c1ccccc1. The zero-order valence-electron chi connectivity index (χ0n) is 10.7. The van der Waals surface area contributed by atoms with Crippen molar-refractivity contribution in [3.63, 3.8) is 0 Å². The van der Waals surface area contributed by atoms with E-state index in [0.717, 1.165) is 22.9 Å². The predicted molar refractivity (Wildman–Crippen MR) is 76.2 cm³/mol. The van der Waals surface area contributed by atoms with E-state index in [2.05, 4.69) is 22.6 Å². The van der Waals surface area contributed by atoms with E-state index in [1.807, 2.05) is 60.0 Å². The molecule has 1 unspecified atom stereocenters. The first kappa shape index (κ1) is 13.1. The molecule has 18 heavy (non-hydrogen) atoms. The third-order valence-electron chi connectivity index (χ3n) is 2.77. The van der Waals surface area contributed by atoms with Gasteiger partial charge in [-0.1, -0.05) is 30.3 Å². The van der Waals surface area contributed by atoms with E-state index in [0.29, 0.717) is 0 Å². The van der Waals surface area contributed by atoms with Gasteiger partial charge in [0.25, 0.3) is 0 Å². The molecular formula is C13H18N4S. The predicted octanol–water partition coefficient (Wildman–Crippen LogP) is 2.28. The molecular weight excluding hydrogens is 244 g/mol. The lowest BCUT2D eigenvalue weighted by Crippen LogP contribution is -2.22. The largest absolute Gasteiger partial charge is 0.311 e. The molecule has 0 spiro atoms. The van der Waals surface area contributed by atoms with Crippen molar-refractivity contribution < 1.29 is 0 Å². The molecule has 0 aliphatic rings. The summed E-state index contributed by atoms with van der Waals surface area (Å²) in [7, 11) is 1.98. The Morgan fingerprint density at radius 3 is 2.78 bits per heavy atom. The highest BCUT2D eigenvalue weighted by Crippen LogP contribution is 2.19. The first-order valence-corrected chi connectivity index (χ1v) is 7.23. The fourth-order valence-electron chi connectivity index (χ4n) is 1.80. The summed E-state index contributed by atoms with van der Waals surface area (Å²) in [6.07, 6.45) is 1.84. The van der Waals surface area contributed by atoms with E-state index in [4.69, 9.17) is 0 Å². The van der Waals surface area contributed by atoms with E-state index in [-0.39, 0.29) is 6.04 Å². The normalized spacial score (nSPS) is 12.6. The van der Waals surface area contributed by atoms with E-state index < -0.39 is 0 Å². The smallest absolute Gasteiger partial charge is 0.0823 e. The molecule has 1 atom stereocenters. The maximum absolute atomic E-state index is 4.18. The van der Waals surface area contributed by atoms with Crippen molar-refractivity contribution in [2.75, 3.05) is 18.6 Å². The van der Waals surface area contributed by atoms with Crippen LogP contribution in [0.4, 0.5) is 0 Å². The molecule has 1 aromatic heterocycles. The minimum Gasteiger partial charge on any atom is -0.311 e. The first-order valence-electron chi connectivity index (χ1n) is 6.07. The summed E-state index contributed by atoms with van der Waals surface area (Å²) >= 11 is 1.91. The highest BCUT2D eigenvalue weighted by atomic mass is 32.2. The highest BCUT2D eigenvalue weighted by Gasteiger charge is 2.15. The van der Waals surface area contributed by atoms with Gasteiger partial charge in [-0.25, -0.2) is 4.68 Å². The van der Waals surface area contributed by atoms with Crippen molar-refractivity contribution in [2.24, 2.45) is 0 Å². The van der Waals surface area contributed by atoms with Gasteiger partial charge in [-0.15, -0.1) is 5.10 Å². The molecule has 0 aliphatic carbocycles. The molecule has 4 nitrogen and oxygen atoms in total. The molecule has 0 radical (unpaired) electrons. The summed E-state index contributed by atoms with van der Waals surface area (Å²) in [6, 6.07) is 10.4. The van der Waals surface area contributed by atoms with Gasteiger partial charge in [0, 0.05) is 5.75 Å². The van der Waals surface area contributed by atoms with Crippen LogP contribution >= 0.6 is 11.8 Å². The van der Waals surface area contributed by atoms with Crippen LogP contribution in [-0.4, -0.2) is 33.5 Å². The Morgan fingerprint density at radius 1 is 1.33 bits per heavy atom. The summed E-state index contributed by atoms with van der Waals surface area (Å²) < 4.78 is 1.90. The van der Waals surface area contributed by atoms with Gasteiger partial charge in [0.15, 0.2) is 0 Å². The Labute approximate surface area is 112 Å². The van der Waals surface area contributed by atoms with Crippen LogP contribution in [0.1, 0.15) is 18.7 Å². The van der Waals surface area contributed by atoms with Crippen LogP contribution in [0, 0.1) is 0 Å². The molecule has 2 rings (SSSR count). The third-order valence-corrected chi connectivity index (χ3v) is 3.75. The standard InChI is InChI=1S/C13H18N4S/c1-3-18-10-12(14-2)13-9-15-16-17(13)11-7-5-4-6-8-11/h4-9,12,14H,3,10H2,1-2H3. The maximum Gasteiger partial charge on any atom is 0.0823 e. The fourth-order valence-corrected chi connectivity index (χ4v) is 2.61. The summed E-state index contributed by atoms with van der Waals surface area (Å²) in [5.41, 5.74) is 2.15. The Hall–Kier alpha value is -1.33. The molecule has 5 heteroatoms. The molecule has 0 aliphatic heterocycles. The van der Waals surface area contributed by atoms with Crippen LogP contribution in [0.25, 0.3) is 5.69 Å². The zero-order chi connectivity index (χ0) is 12.8. The minimum atomic E-state index is 0.269. The summed E-state index contributed by atoms with van der Waals surface area (Å²) in [6.45, 7) is 2.17. The van der Waals surface area contributed by atoms with Crippen LogP contribution in [0.5, 0.6) is 0 Å². The second-order valence-electron chi connectivity index (χ2n) is 3.91. The van der Waals surface area contributed by atoms with Crippen LogP contribution in [-0.2, 0) is 0 Å². The van der Waals surface area contributed by atoms with Crippen molar-refractivity contribution in [2.45, 2.75) is 13.0 Å². The summed E-state index contributed by atoms with van der Waals surface area (Å²) in [4.78, 5) is 0. The zero-order valence-corrected chi connectivity index (χ0v) is 11.5. The lowest BCUT2D eigenvalue weighted by atomic mass is 10.2. The van der Waals surface area contributed by atoms with E-state index in [1.54, 1.807) is 0 Å². The molecule has 1 aromatic carbocycles. The average molecular weight is 262 g/mol. The Bertz CT molecular complexity index is 469. The van der Waals surface area contributed by atoms with Gasteiger partial charge in [-0.3, -0.25) is 0 Å². The lowest BCUT2D eigenvalue weighted by molar-refractivity contribution is 0.610. The second kappa shape index (κ2) is 6.56. The van der Waals surface area contributed by atoms with Gasteiger partial charge in [0.2, 0.25) is 0 Å². The molecule has 0 bridgehead atoms. The lowest BCUT2D eigenvalue weighted by Gasteiger charge is -2.16. The van der Waals surface area contributed by atoms with Gasteiger partial charge in [-0.05, 0) is 24.9 Å². The quantitative estimate of drug-likeness (QED) is 0.867. The molecule has 2 aromatic rings. The first-order chi connectivity index (χ1) is 8.86. The van der Waals surface area contributed by atoms with Gasteiger partial charge in [-0.2, -0.15) is 11.8 Å². The van der Waals surface area contributed by atoms with Gasteiger partial charge in [0.05, 0.1) is 23.6 Å². The van der Waals surface area contributed by atoms with Crippen molar-refractivity contribution in [3.8, 4) is 5.69 Å². The number of nitrogens with one attached hydrogen (secondary N) is 1. The number of rotatable bonds is 6. The highest BCUT2D eigenvalue weighted by molar-refractivity contribution is 7.99. The van der Waals surface area contributed by atoms with Gasteiger partial charge < -0.3 is 5.32 Å². The average Bonchev–Trinajstić information content (AvgIpc) is 2.90. The number of hydrogen-bond acceptors (Lipinski definition) is 4. The van der Waals surface area contributed by atoms with Gasteiger partial charge >= 0.3 is 0 Å².